The van der Waals surface area contributed by atoms with Crippen LogP contribution in [0.3, 0.4) is 0 Å². The number of carbonyl (C=O) groups is 2. The van der Waals surface area contributed by atoms with E-state index in [0.717, 1.165) is 24.3 Å². The van der Waals surface area contributed by atoms with Crippen LogP contribution < -0.4 is 5.32 Å². The summed E-state index contributed by atoms with van der Waals surface area (Å²) in [4.78, 5) is 25.0. The van der Waals surface area contributed by atoms with Crippen LogP contribution in [-0.4, -0.2) is 47.6 Å². The summed E-state index contributed by atoms with van der Waals surface area (Å²) < 4.78 is 37.2. The molecule has 1 aromatic rings. The predicted octanol–water partition coefficient (Wildman–Crippen LogP) is 1.03. The van der Waals surface area contributed by atoms with Crippen LogP contribution >= 0.6 is 0 Å². The molecule has 1 fully saturated rings. The van der Waals surface area contributed by atoms with Crippen molar-refractivity contribution >= 4 is 11.8 Å². The van der Waals surface area contributed by atoms with E-state index in [1.54, 1.807) is 0 Å². The SMILES string of the molecule is O=C(NCC(=O)N1CC[C@@H](O)C1)c1ccc(C(F)(F)F)cc1. The van der Waals surface area contributed by atoms with Crippen molar-refractivity contribution in [1.29, 1.82) is 0 Å². The summed E-state index contributed by atoms with van der Waals surface area (Å²) in [6.45, 7) is 0.401. The van der Waals surface area contributed by atoms with Crippen molar-refractivity contribution in [2.24, 2.45) is 0 Å². The maximum absolute atomic E-state index is 12.4. The molecule has 2 N–H and O–H groups in total. The lowest BCUT2D eigenvalue weighted by Gasteiger charge is -2.15. The third kappa shape index (κ3) is 3.97. The van der Waals surface area contributed by atoms with E-state index in [9.17, 15) is 27.9 Å². The lowest BCUT2D eigenvalue weighted by Crippen LogP contribution is -2.39. The van der Waals surface area contributed by atoms with Gasteiger partial charge in [0.05, 0.1) is 18.2 Å². The van der Waals surface area contributed by atoms with Gasteiger partial charge >= 0.3 is 6.18 Å². The molecule has 0 bridgehead atoms. The molecule has 1 heterocycles. The molecule has 120 valence electrons. The summed E-state index contributed by atoms with van der Waals surface area (Å²) in [5.74, 6) is -0.960. The molecular weight excluding hydrogens is 301 g/mol. The van der Waals surface area contributed by atoms with Gasteiger partial charge in [-0.15, -0.1) is 0 Å². The molecule has 1 aliphatic rings. The van der Waals surface area contributed by atoms with Crippen molar-refractivity contribution in [2.45, 2.75) is 18.7 Å². The van der Waals surface area contributed by atoms with Crippen LogP contribution in [0.5, 0.6) is 0 Å². The number of rotatable bonds is 3. The number of benzene rings is 1. The summed E-state index contributed by atoms with van der Waals surface area (Å²) in [5, 5.41) is 11.7. The van der Waals surface area contributed by atoms with Gasteiger partial charge < -0.3 is 15.3 Å². The lowest BCUT2D eigenvalue weighted by atomic mass is 10.1. The molecule has 0 radical (unpaired) electrons. The maximum atomic E-state index is 12.4. The van der Waals surface area contributed by atoms with Gasteiger partial charge in [0.15, 0.2) is 0 Å². The monoisotopic (exact) mass is 316 g/mol. The average molecular weight is 316 g/mol. The Hall–Kier alpha value is -2.09. The van der Waals surface area contributed by atoms with Crippen LogP contribution in [-0.2, 0) is 11.0 Å². The minimum atomic E-state index is -4.46. The fourth-order valence-electron chi connectivity index (χ4n) is 2.15. The highest BCUT2D eigenvalue weighted by atomic mass is 19.4. The van der Waals surface area contributed by atoms with Crippen LogP contribution in [0.2, 0.25) is 0 Å². The van der Waals surface area contributed by atoms with Crippen molar-refractivity contribution < 1.29 is 27.9 Å². The minimum absolute atomic E-state index is 0.0438. The lowest BCUT2D eigenvalue weighted by molar-refractivity contribution is -0.137. The molecule has 1 saturated heterocycles. The van der Waals surface area contributed by atoms with Gasteiger partial charge in [0.2, 0.25) is 5.91 Å². The Balaban J connectivity index is 1.88. The van der Waals surface area contributed by atoms with E-state index >= 15 is 0 Å². The van der Waals surface area contributed by atoms with Crippen molar-refractivity contribution in [2.75, 3.05) is 19.6 Å². The maximum Gasteiger partial charge on any atom is 0.416 e. The first-order valence-electron chi connectivity index (χ1n) is 6.68. The topological polar surface area (TPSA) is 69.6 Å². The number of hydrogen-bond acceptors (Lipinski definition) is 3. The molecule has 0 aromatic heterocycles. The molecule has 22 heavy (non-hydrogen) atoms. The van der Waals surface area contributed by atoms with E-state index < -0.39 is 23.8 Å². The number of hydrogen-bond donors (Lipinski definition) is 2. The molecule has 0 unspecified atom stereocenters. The summed E-state index contributed by atoms with van der Waals surface area (Å²) in [6, 6.07) is 3.74. The standard InChI is InChI=1S/C14H15F3N2O3/c15-14(16,17)10-3-1-9(2-4-10)13(22)18-7-12(21)19-6-5-11(20)8-19/h1-4,11,20H,5-8H2,(H,18,22)/t11-/m1/s1. The second kappa shape index (κ2) is 6.35. The number of amides is 2. The van der Waals surface area contributed by atoms with Crippen molar-refractivity contribution in [1.82, 2.24) is 10.2 Å². The second-order valence-corrected chi connectivity index (χ2v) is 5.04. The normalized spacial score (nSPS) is 18.4. The highest BCUT2D eigenvalue weighted by Gasteiger charge is 2.30. The zero-order valence-corrected chi connectivity index (χ0v) is 11.6. The first kappa shape index (κ1) is 16.3. The van der Waals surface area contributed by atoms with E-state index in [-0.39, 0.29) is 24.6 Å². The van der Waals surface area contributed by atoms with Crippen molar-refractivity contribution in [3.8, 4) is 0 Å². The Morgan fingerprint density at radius 1 is 1.27 bits per heavy atom. The van der Waals surface area contributed by atoms with Crippen LogP contribution in [0, 0.1) is 0 Å². The molecule has 1 aromatic carbocycles. The van der Waals surface area contributed by atoms with Crippen LogP contribution in [0.15, 0.2) is 24.3 Å². The molecule has 1 atom stereocenters. The molecule has 8 heteroatoms. The van der Waals surface area contributed by atoms with Gasteiger partial charge in [-0.1, -0.05) is 0 Å². The quantitative estimate of drug-likeness (QED) is 0.875. The highest BCUT2D eigenvalue weighted by molar-refractivity contribution is 5.96. The first-order chi connectivity index (χ1) is 10.3. The average Bonchev–Trinajstić information content (AvgIpc) is 2.90. The van der Waals surface area contributed by atoms with Crippen molar-refractivity contribution in [3.05, 3.63) is 35.4 Å². The van der Waals surface area contributed by atoms with E-state index in [2.05, 4.69) is 5.32 Å². The van der Waals surface area contributed by atoms with Gasteiger partial charge in [0.1, 0.15) is 0 Å². The summed E-state index contributed by atoms with van der Waals surface area (Å²) in [7, 11) is 0. The minimum Gasteiger partial charge on any atom is -0.391 e. The van der Waals surface area contributed by atoms with E-state index in [4.69, 9.17) is 0 Å². The van der Waals surface area contributed by atoms with Gasteiger partial charge in [-0.2, -0.15) is 13.2 Å². The number of carbonyl (C=O) groups excluding carboxylic acids is 2. The molecule has 0 spiro atoms. The van der Waals surface area contributed by atoms with E-state index in [1.807, 2.05) is 0 Å². The Morgan fingerprint density at radius 2 is 1.91 bits per heavy atom. The molecule has 2 amide bonds. The fraction of sp³-hybridized carbons (Fsp3) is 0.429. The largest absolute Gasteiger partial charge is 0.416 e. The number of likely N-dealkylation sites (tertiary alicyclic amines) is 1. The molecule has 2 rings (SSSR count). The summed E-state index contributed by atoms with van der Waals surface area (Å²) in [6.07, 6.45) is -4.50. The molecule has 1 aliphatic heterocycles. The predicted molar refractivity (Wildman–Crippen MR) is 71.0 cm³/mol. The fourth-order valence-corrected chi connectivity index (χ4v) is 2.15. The zero-order valence-electron chi connectivity index (χ0n) is 11.6. The number of β-amino-alcohol motifs (C(OH)–C–C–N with tert-alkyl or cyclic N) is 1. The molecular formula is C14H15F3N2O3. The van der Waals surface area contributed by atoms with Gasteiger partial charge in [-0.3, -0.25) is 9.59 Å². The van der Waals surface area contributed by atoms with Gasteiger partial charge in [-0.25, -0.2) is 0 Å². The number of alkyl halides is 3. The molecule has 5 nitrogen and oxygen atoms in total. The Labute approximate surface area is 124 Å². The van der Waals surface area contributed by atoms with Gasteiger partial charge in [-0.05, 0) is 30.7 Å². The van der Waals surface area contributed by atoms with Crippen LogP contribution in [0.25, 0.3) is 0 Å². The summed E-state index contributed by atoms with van der Waals surface area (Å²) in [5.41, 5.74) is -0.798. The highest BCUT2D eigenvalue weighted by Crippen LogP contribution is 2.29. The Kier molecular flexibility index (Phi) is 4.70. The van der Waals surface area contributed by atoms with Gasteiger partial charge in [0, 0.05) is 18.7 Å². The number of halogens is 3. The number of nitrogens with zero attached hydrogens (tertiary/aromatic N) is 1. The number of aliphatic hydroxyl groups is 1. The second-order valence-electron chi connectivity index (χ2n) is 5.04. The van der Waals surface area contributed by atoms with Gasteiger partial charge in [0.25, 0.3) is 5.91 Å². The van der Waals surface area contributed by atoms with E-state index in [1.165, 1.54) is 4.90 Å². The zero-order chi connectivity index (χ0) is 16.3. The first-order valence-corrected chi connectivity index (χ1v) is 6.68. The third-order valence-corrected chi connectivity index (χ3v) is 3.39. The molecule has 0 saturated carbocycles. The van der Waals surface area contributed by atoms with Crippen LogP contribution in [0.1, 0.15) is 22.3 Å². The van der Waals surface area contributed by atoms with Crippen LogP contribution in [0.4, 0.5) is 13.2 Å². The number of aliphatic hydroxyl groups excluding tert-OH is 1. The smallest absolute Gasteiger partial charge is 0.391 e. The van der Waals surface area contributed by atoms with Crippen molar-refractivity contribution in [3.63, 3.8) is 0 Å². The summed E-state index contributed by atoms with van der Waals surface area (Å²) >= 11 is 0. The number of nitrogens with one attached hydrogen (secondary N) is 1. The third-order valence-electron chi connectivity index (χ3n) is 3.39. The molecule has 0 aliphatic carbocycles. The van der Waals surface area contributed by atoms with E-state index in [0.29, 0.717) is 13.0 Å². The Bertz CT molecular complexity index is 557. The Morgan fingerprint density at radius 3 is 2.41 bits per heavy atom.